The molecule has 0 N–H and O–H groups in total. The molecule has 0 saturated carbocycles. The first-order valence-electron chi connectivity index (χ1n) is 5.91. The minimum atomic E-state index is -4.26. The van der Waals surface area contributed by atoms with Crippen LogP contribution in [0.15, 0.2) is 18.3 Å². The highest BCUT2D eigenvalue weighted by Gasteiger charge is 2.30. The average molecular weight is 249 g/mol. The molecule has 0 aliphatic rings. The van der Waals surface area contributed by atoms with Gasteiger partial charge in [0.15, 0.2) is 0 Å². The fourth-order valence-electron chi connectivity index (χ4n) is 0.722. The van der Waals surface area contributed by atoms with E-state index in [1.807, 2.05) is 13.8 Å². The molecule has 0 atom stereocenters. The average Bonchev–Trinajstić information content (AvgIpc) is 2.31. The van der Waals surface area contributed by atoms with Crippen LogP contribution in [0.2, 0.25) is 0 Å². The highest BCUT2D eigenvalue weighted by molar-refractivity contribution is 5.18. The molecule has 1 aromatic heterocycles. The van der Waals surface area contributed by atoms with Crippen molar-refractivity contribution in [3.05, 3.63) is 29.6 Å². The van der Waals surface area contributed by atoms with Crippen molar-refractivity contribution in [2.45, 2.75) is 53.6 Å². The molecule has 0 radical (unpaired) electrons. The first kappa shape index (κ1) is 18.3. The van der Waals surface area contributed by atoms with Gasteiger partial charge in [0.25, 0.3) is 0 Å². The number of nitrogens with zero attached hydrogens (tertiary/aromatic N) is 1. The summed E-state index contributed by atoms with van der Waals surface area (Å²) in [5, 5.41) is 0. The minimum absolute atomic E-state index is 0.375. The summed E-state index contributed by atoms with van der Waals surface area (Å²) in [4.78, 5) is 3.65. The van der Waals surface area contributed by atoms with E-state index in [9.17, 15) is 13.2 Å². The molecule has 1 aromatic rings. The van der Waals surface area contributed by atoms with E-state index < -0.39 is 11.7 Å². The first-order chi connectivity index (χ1) is 7.91. The van der Waals surface area contributed by atoms with Gasteiger partial charge in [0.2, 0.25) is 0 Å². The summed E-state index contributed by atoms with van der Waals surface area (Å²) in [5.41, 5.74) is -0.273. The van der Waals surface area contributed by atoms with Gasteiger partial charge in [-0.05, 0) is 19.1 Å². The number of rotatable bonds is 1. The van der Waals surface area contributed by atoms with Gasteiger partial charge in [-0.1, -0.05) is 40.5 Å². The predicted octanol–water partition coefficient (Wildman–Crippen LogP) is 5.24. The quantitative estimate of drug-likeness (QED) is 0.663. The summed E-state index contributed by atoms with van der Waals surface area (Å²) in [6.07, 6.45) is -0.466. The molecule has 0 unspecified atom stereocenters. The maximum atomic E-state index is 11.9. The second-order valence-corrected chi connectivity index (χ2v) is 3.18. The van der Waals surface area contributed by atoms with Crippen LogP contribution in [0, 0.1) is 6.92 Å². The van der Waals surface area contributed by atoms with E-state index in [0.717, 1.165) is 18.3 Å². The fourth-order valence-corrected chi connectivity index (χ4v) is 0.722. The summed E-state index contributed by atoms with van der Waals surface area (Å²) in [5.74, 6) is 0. The van der Waals surface area contributed by atoms with Crippen molar-refractivity contribution < 1.29 is 13.2 Å². The van der Waals surface area contributed by atoms with E-state index in [4.69, 9.17) is 0 Å². The fraction of sp³-hybridized carbons (Fsp3) is 0.615. The van der Waals surface area contributed by atoms with Gasteiger partial charge < -0.3 is 0 Å². The summed E-state index contributed by atoms with van der Waals surface area (Å²) < 4.78 is 35.8. The van der Waals surface area contributed by atoms with Crippen LogP contribution in [-0.4, -0.2) is 4.98 Å². The lowest BCUT2D eigenvalue weighted by atomic mass is 10.2. The number of unbranched alkanes of at least 4 members (excludes halogenated alkanes) is 1. The third-order valence-corrected chi connectivity index (χ3v) is 1.72. The summed E-state index contributed by atoms with van der Waals surface area (Å²) in [6.45, 7) is 9.88. The molecule has 0 aromatic carbocycles. The minimum Gasteiger partial charge on any atom is -0.262 e. The highest BCUT2D eigenvalue weighted by Crippen LogP contribution is 2.28. The zero-order chi connectivity index (χ0) is 13.9. The molecule has 1 rings (SSSR count). The van der Waals surface area contributed by atoms with Crippen LogP contribution in [0.3, 0.4) is 0 Å². The van der Waals surface area contributed by atoms with Crippen LogP contribution in [0.25, 0.3) is 0 Å². The lowest BCUT2D eigenvalue weighted by Crippen LogP contribution is -2.05. The number of halogens is 3. The Kier molecular flexibility index (Phi) is 10.9. The summed E-state index contributed by atoms with van der Waals surface area (Å²) >= 11 is 0. The Labute approximate surface area is 102 Å². The van der Waals surface area contributed by atoms with E-state index >= 15 is 0 Å². The van der Waals surface area contributed by atoms with E-state index in [0.29, 0.717) is 5.69 Å². The number of aryl methyl sites for hydroxylation is 1. The Bertz CT molecular complexity index is 280. The standard InChI is InChI=1S/C7H6F3N.C4H10.C2H6/c1-5-4-6(2-3-11-5)7(8,9)10;1-3-4-2;1-2/h2-4H,1H3;3-4H2,1-2H3;1-2H3. The van der Waals surface area contributed by atoms with Gasteiger partial charge in [0.05, 0.1) is 5.56 Å². The summed E-state index contributed by atoms with van der Waals surface area (Å²) in [6, 6.07) is 1.97. The zero-order valence-electron chi connectivity index (χ0n) is 11.2. The Balaban J connectivity index is 0. The van der Waals surface area contributed by atoms with E-state index in [1.165, 1.54) is 19.8 Å². The Hall–Kier alpha value is -1.06. The van der Waals surface area contributed by atoms with E-state index in [1.54, 1.807) is 0 Å². The number of aromatic nitrogens is 1. The molecular weight excluding hydrogens is 227 g/mol. The van der Waals surface area contributed by atoms with Gasteiger partial charge in [-0.2, -0.15) is 13.2 Å². The van der Waals surface area contributed by atoms with E-state index in [-0.39, 0.29) is 0 Å². The largest absolute Gasteiger partial charge is 0.416 e. The highest BCUT2D eigenvalue weighted by atomic mass is 19.4. The molecule has 0 spiro atoms. The molecular formula is C13H22F3N. The predicted molar refractivity (Wildman–Crippen MR) is 65.9 cm³/mol. The van der Waals surface area contributed by atoms with Crippen LogP contribution in [0.5, 0.6) is 0 Å². The van der Waals surface area contributed by atoms with Gasteiger partial charge in [0.1, 0.15) is 0 Å². The second kappa shape index (κ2) is 10.1. The Morgan fingerprint density at radius 1 is 1.12 bits per heavy atom. The summed E-state index contributed by atoms with van der Waals surface area (Å²) in [7, 11) is 0. The van der Waals surface area contributed by atoms with E-state index in [2.05, 4.69) is 18.8 Å². The van der Waals surface area contributed by atoms with Crippen molar-refractivity contribution in [1.82, 2.24) is 4.98 Å². The Morgan fingerprint density at radius 2 is 1.59 bits per heavy atom. The maximum absolute atomic E-state index is 11.9. The van der Waals surface area contributed by atoms with Crippen molar-refractivity contribution in [2.75, 3.05) is 0 Å². The smallest absolute Gasteiger partial charge is 0.262 e. The topological polar surface area (TPSA) is 12.9 Å². The third-order valence-electron chi connectivity index (χ3n) is 1.72. The molecule has 0 amide bonds. The SMILES string of the molecule is CC.CCCC.Cc1cc(C(F)(F)F)ccn1. The Morgan fingerprint density at radius 3 is 1.82 bits per heavy atom. The molecule has 4 heteroatoms. The van der Waals surface area contributed by atoms with Crippen molar-refractivity contribution in [3.8, 4) is 0 Å². The second-order valence-electron chi connectivity index (χ2n) is 3.18. The van der Waals surface area contributed by atoms with Crippen LogP contribution in [0.4, 0.5) is 13.2 Å². The maximum Gasteiger partial charge on any atom is 0.416 e. The first-order valence-corrected chi connectivity index (χ1v) is 5.91. The monoisotopic (exact) mass is 249 g/mol. The van der Waals surface area contributed by atoms with Crippen LogP contribution >= 0.6 is 0 Å². The molecule has 1 nitrogen and oxygen atoms in total. The molecule has 0 bridgehead atoms. The number of pyridine rings is 1. The van der Waals surface area contributed by atoms with Gasteiger partial charge >= 0.3 is 6.18 Å². The van der Waals surface area contributed by atoms with Crippen molar-refractivity contribution in [1.29, 1.82) is 0 Å². The molecule has 0 aliphatic carbocycles. The van der Waals surface area contributed by atoms with Crippen molar-refractivity contribution >= 4 is 0 Å². The van der Waals surface area contributed by atoms with Crippen LogP contribution in [0.1, 0.15) is 51.8 Å². The molecule has 100 valence electrons. The molecule has 17 heavy (non-hydrogen) atoms. The van der Waals surface area contributed by atoms with Gasteiger partial charge in [0, 0.05) is 11.9 Å². The lowest BCUT2D eigenvalue weighted by Gasteiger charge is -2.05. The van der Waals surface area contributed by atoms with Crippen molar-refractivity contribution in [2.24, 2.45) is 0 Å². The van der Waals surface area contributed by atoms with Gasteiger partial charge in [-0.15, -0.1) is 0 Å². The van der Waals surface area contributed by atoms with Gasteiger partial charge in [-0.3, -0.25) is 4.98 Å². The zero-order valence-corrected chi connectivity index (χ0v) is 11.2. The molecule has 0 aliphatic heterocycles. The number of hydrogen-bond acceptors (Lipinski definition) is 1. The third kappa shape index (κ3) is 9.85. The lowest BCUT2D eigenvalue weighted by molar-refractivity contribution is -0.137. The molecule has 1 heterocycles. The molecule has 0 fully saturated rings. The van der Waals surface area contributed by atoms with Crippen molar-refractivity contribution in [3.63, 3.8) is 0 Å². The van der Waals surface area contributed by atoms with Gasteiger partial charge in [-0.25, -0.2) is 0 Å². The van der Waals surface area contributed by atoms with Crippen LogP contribution < -0.4 is 0 Å². The number of alkyl halides is 3. The number of hydrogen-bond donors (Lipinski definition) is 0. The normalized spacial score (nSPS) is 9.65. The molecule has 0 saturated heterocycles. The van der Waals surface area contributed by atoms with Crippen LogP contribution in [-0.2, 0) is 6.18 Å².